The number of anilines is 1. The Morgan fingerprint density at radius 2 is 1.91 bits per heavy atom. The monoisotopic (exact) mass is 354 g/mol. The molecule has 0 atom stereocenters. The van der Waals surface area contributed by atoms with E-state index < -0.39 is 10.8 Å². The zero-order chi connectivity index (χ0) is 17.0. The molecule has 1 N–H and O–H groups in total. The Morgan fingerprint density at radius 1 is 1.26 bits per heavy atom. The largest absolute Gasteiger partial charge is 0.484 e. The fourth-order valence-corrected chi connectivity index (χ4v) is 2.17. The number of hydrogen-bond donors (Lipinski definition) is 1. The Labute approximate surface area is 142 Å². The minimum absolute atomic E-state index is 0.0467. The average molecular weight is 355 g/mol. The smallest absolute Gasteiger partial charge is 0.288 e. The summed E-state index contributed by atoms with van der Waals surface area (Å²) in [6.45, 7) is 1.43. The van der Waals surface area contributed by atoms with E-state index in [9.17, 15) is 14.9 Å². The van der Waals surface area contributed by atoms with E-state index in [2.05, 4.69) is 5.32 Å². The fourth-order valence-electron chi connectivity index (χ4n) is 1.81. The van der Waals surface area contributed by atoms with Crippen molar-refractivity contribution in [1.29, 1.82) is 0 Å². The molecule has 0 aliphatic carbocycles. The van der Waals surface area contributed by atoms with E-state index in [4.69, 9.17) is 27.9 Å². The second-order valence-electron chi connectivity index (χ2n) is 4.67. The number of nitrogens with one attached hydrogen (secondary N) is 1. The molecular weight excluding hydrogens is 343 g/mol. The Balaban J connectivity index is 2.01. The molecular formula is C15H12Cl2N2O4. The van der Waals surface area contributed by atoms with Gasteiger partial charge in [-0.1, -0.05) is 23.2 Å². The first-order valence-corrected chi connectivity index (χ1v) is 7.25. The third-order valence-electron chi connectivity index (χ3n) is 2.95. The summed E-state index contributed by atoms with van der Waals surface area (Å²) in [7, 11) is 0. The first-order chi connectivity index (χ1) is 10.9. The van der Waals surface area contributed by atoms with Crippen LogP contribution in [0.3, 0.4) is 0 Å². The number of amides is 1. The number of carbonyl (C=O) groups is 1. The summed E-state index contributed by atoms with van der Waals surface area (Å²) >= 11 is 11.6. The lowest BCUT2D eigenvalue weighted by atomic mass is 10.2. The number of nitrogens with zero attached hydrogens (tertiary/aromatic N) is 1. The molecule has 0 aliphatic rings. The molecule has 2 rings (SSSR count). The number of rotatable bonds is 5. The fraction of sp³-hybridized carbons (Fsp3) is 0.133. The third-order valence-corrected chi connectivity index (χ3v) is 3.50. The highest BCUT2D eigenvalue weighted by Gasteiger charge is 2.16. The third kappa shape index (κ3) is 4.58. The van der Waals surface area contributed by atoms with E-state index in [0.29, 0.717) is 22.0 Å². The van der Waals surface area contributed by atoms with Gasteiger partial charge in [0.15, 0.2) is 6.61 Å². The maximum atomic E-state index is 11.9. The van der Waals surface area contributed by atoms with Crippen molar-refractivity contribution in [3.63, 3.8) is 0 Å². The molecule has 23 heavy (non-hydrogen) atoms. The number of carbonyl (C=O) groups excluding carboxylic acids is 1. The summed E-state index contributed by atoms with van der Waals surface area (Å²) in [6, 6.07) is 9.23. The van der Waals surface area contributed by atoms with Gasteiger partial charge < -0.3 is 10.1 Å². The van der Waals surface area contributed by atoms with Crippen molar-refractivity contribution in [2.75, 3.05) is 11.9 Å². The van der Waals surface area contributed by atoms with Gasteiger partial charge in [0.1, 0.15) is 10.8 Å². The molecule has 0 fully saturated rings. The minimum atomic E-state index is -0.579. The summed E-state index contributed by atoms with van der Waals surface area (Å²) in [5.41, 5.74) is 0.714. The number of nitro benzene ring substituents is 1. The van der Waals surface area contributed by atoms with E-state index >= 15 is 0 Å². The minimum Gasteiger partial charge on any atom is -0.484 e. The van der Waals surface area contributed by atoms with Gasteiger partial charge in [0.25, 0.3) is 11.6 Å². The predicted octanol–water partition coefficient (Wildman–Crippen LogP) is 4.23. The Kier molecular flexibility index (Phi) is 5.41. The van der Waals surface area contributed by atoms with Crippen molar-refractivity contribution in [3.8, 4) is 5.75 Å². The number of nitro groups is 1. The molecule has 2 aromatic rings. The number of aryl methyl sites for hydroxylation is 1. The number of ether oxygens (including phenoxy) is 1. The molecule has 0 heterocycles. The van der Waals surface area contributed by atoms with Crippen molar-refractivity contribution in [1.82, 2.24) is 0 Å². The Hall–Kier alpha value is -2.31. The molecule has 8 heteroatoms. The van der Waals surface area contributed by atoms with Crippen LogP contribution >= 0.6 is 23.2 Å². The molecule has 1 amide bonds. The average Bonchev–Trinajstić information content (AvgIpc) is 2.49. The highest BCUT2D eigenvalue weighted by atomic mass is 35.5. The molecule has 0 bridgehead atoms. The summed E-state index contributed by atoms with van der Waals surface area (Å²) in [5.74, 6) is 0.0935. The number of hydrogen-bond acceptors (Lipinski definition) is 4. The van der Waals surface area contributed by atoms with Gasteiger partial charge in [-0.3, -0.25) is 14.9 Å². The van der Waals surface area contributed by atoms with Crippen LogP contribution in [0.4, 0.5) is 11.4 Å². The summed E-state index contributed by atoms with van der Waals surface area (Å²) in [5, 5.41) is 13.9. The second kappa shape index (κ2) is 7.30. The molecule has 0 spiro atoms. The van der Waals surface area contributed by atoms with Gasteiger partial charge in [-0.25, -0.2) is 0 Å². The van der Waals surface area contributed by atoms with E-state index in [0.717, 1.165) is 0 Å². The first kappa shape index (κ1) is 17.1. The molecule has 0 unspecified atom stereocenters. The van der Waals surface area contributed by atoms with E-state index in [1.807, 2.05) is 0 Å². The quantitative estimate of drug-likeness (QED) is 0.643. The molecule has 0 aliphatic heterocycles. The lowest BCUT2D eigenvalue weighted by Gasteiger charge is -2.10. The van der Waals surface area contributed by atoms with Gasteiger partial charge in [0.2, 0.25) is 0 Å². The second-order valence-corrected chi connectivity index (χ2v) is 5.51. The normalized spacial score (nSPS) is 10.2. The van der Waals surface area contributed by atoms with Crippen molar-refractivity contribution in [2.24, 2.45) is 0 Å². The van der Waals surface area contributed by atoms with E-state index in [-0.39, 0.29) is 17.3 Å². The van der Waals surface area contributed by atoms with E-state index in [1.165, 1.54) is 12.1 Å². The van der Waals surface area contributed by atoms with Gasteiger partial charge in [-0.05, 0) is 42.8 Å². The van der Waals surface area contributed by atoms with Crippen LogP contribution < -0.4 is 10.1 Å². The van der Waals surface area contributed by atoms with Gasteiger partial charge in [-0.15, -0.1) is 0 Å². The maximum absolute atomic E-state index is 11.9. The van der Waals surface area contributed by atoms with Gasteiger partial charge >= 0.3 is 0 Å². The molecule has 120 valence electrons. The van der Waals surface area contributed by atoms with Crippen LogP contribution in [0.15, 0.2) is 36.4 Å². The van der Waals surface area contributed by atoms with Crippen LogP contribution in [0.2, 0.25) is 10.0 Å². The summed E-state index contributed by atoms with van der Waals surface area (Å²) in [4.78, 5) is 22.1. The molecule has 0 saturated heterocycles. The molecule has 0 saturated carbocycles. The first-order valence-electron chi connectivity index (χ1n) is 6.49. The summed E-state index contributed by atoms with van der Waals surface area (Å²) in [6.07, 6.45) is 0. The number of halogens is 2. The molecule has 2 aromatic carbocycles. The lowest BCUT2D eigenvalue weighted by molar-refractivity contribution is -0.384. The maximum Gasteiger partial charge on any atom is 0.288 e. The van der Waals surface area contributed by atoms with Crippen LogP contribution in [-0.2, 0) is 4.79 Å². The van der Waals surface area contributed by atoms with Crippen molar-refractivity contribution < 1.29 is 14.5 Å². The van der Waals surface area contributed by atoms with Gasteiger partial charge in [-0.2, -0.15) is 0 Å². The van der Waals surface area contributed by atoms with Gasteiger partial charge in [0.05, 0.1) is 4.92 Å². The van der Waals surface area contributed by atoms with Crippen LogP contribution in [0.1, 0.15) is 5.56 Å². The van der Waals surface area contributed by atoms with Crippen molar-refractivity contribution in [3.05, 3.63) is 62.1 Å². The Bertz CT molecular complexity index is 748. The molecule has 6 nitrogen and oxygen atoms in total. The SMILES string of the molecule is Cc1cc([N+](=O)[O-])c(Cl)cc1NC(=O)COc1ccc(Cl)cc1. The zero-order valence-electron chi connectivity index (χ0n) is 12.0. The zero-order valence-corrected chi connectivity index (χ0v) is 13.5. The Morgan fingerprint density at radius 3 is 2.52 bits per heavy atom. The van der Waals surface area contributed by atoms with Crippen LogP contribution in [-0.4, -0.2) is 17.4 Å². The lowest BCUT2D eigenvalue weighted by Crippen LogP contribution is -2.20. The highest BCUT2D eigenvalue weighted by Crippen LogP contribution is 2.30. The molecule has 0 aromatic heterocycles. The van der Waals surface area contributed by atoms with E-state index in [1.54, 1.807) is 31.2 Å². The van der Waals surface area contributed by atoms with Crippen LogP contribution in [0, 0.1) is 17.0 Å². The van der Waals surface area contributed by atoms with Crippen LogP contribution in [0.25, 0.3) is 0 Å². The highest BCUT2D eigenvalue weighted by molar-refractivity contribution is 6.33. The summed E-state index contributed by atoms with van der Waals surface area (Å²) < 4.78 is 5.32. The number of benzene rings is 2. The van der Waals surface area contributed by atoms with Gasteiger partial charge in [0, 0.05) is 16.8 Å². The van der Waals surface area contributed by atoms with Crippen molar-refractivity contribution in [2.45, 2.75) is 6.92 Å². The predicted molar refractivity (Wildman–Crippen MR) is 88.4 cm³/mol. The van der Waals surface area contributed by atoms with Crippen LogP contribution in [0.5, 0.6) is 5.75 Å². The standard InChI is InChI=1S/C15H12Cl2N2O4/c1-9-6-14(19(21)22)12(17)7-13(9)18-15(20)8-23-11-4-2-10(16)3-5-11/h2-7H,8H2,1H3,(H,18,20). The van der Waals surface area contributed by atoms with Crippen molar-refractivity contribution >= 4 is 40.5 Å². The topological polar surface area (TPSA) is 81.5 Å². The molecule has 0 radical (unpaired) electrons.